The maximum absolute atomic E-state index is 3.69. The van der Waals surface area contributed by atoms with Gasteiger partial charge < -0.3 is 5.32 Å². The third-order valence-electron chi connectivity index (χ3n) is 4.11. The third kappa shape index (κ3) is 5.36. The summed E-state index contributed by atoms with van der Waals surface area (Å²) in [6, 6.07) is 6.68. The predicted molar refractivity (Wildman–Crippen MR) is 92.7 cm³/mol. The van der Waals surface area contributed by atoms with E-state index >= 15 is 0 Å². The monoisotopic (exact) mass is 360 g/mol. The van der Waals surface area contributed by atoms with Crippen molar-refractivity contribution in [2.75, 3.05) is 26.7 Å². The van der Waals surface area contributed by atoms with Gasteiger partial charge in [0.05, 0.1) is 0 Å². The van der Waals surface area contributed by atoms with Gasteiger partial charge >= 0.3 is 0 Å². The lowest BCUT2D eigenvalue weighted by atomic mass is 9.93. The highest BCUT2D eigenvalue weighted by atomic mass is 79.9. The molecule has 4 heteroatoms. The Bertz CT molecular complexity index is 403. The first-order valence-electron chi connectivity index (χ1n) is 7.31. The highest BCUT2D eigenvalue weighted by molar-refractivity contribution is 9.10. The molecule has 1 heterocycles. The van der Waals surface area contributed by atoms with Gasteiger partial charge in [-0.1, -0.05) is 28.1 Å². The van der Waals surface area contributed by atoms with Crippen molar-refractivity contribution in [2.45, 2.75) is 32.7 Å². The van der Waals surface area contributed by atoms with E-state index in [1.54, 1.807) is 0 Å². The fourth-order valence-corrected chi connectivity index (χ4v) is 3.42. The van der Waals surface area contributed by atoms with E-state index in [-0.39, 0.29) is 12.4 Å². The molecule has 1 aromatic rings. The second kappa shape index (κ2) is 9.04. The molecule has 0 spiro atoms. The number of nitrogens with one attached hydrogen (secondary N) is 1. The second-order valence-electron chi connectivity index (χ2n) is 5.71. The molecule has 1 fully saturated rings. The minimum absolute atomic E-state index is 0. The average Bonchev–Trinajstić information content (AvgIpc) is 2.41. The van der Waals surface area contributed by atoms with Gasteiger partial charge in [-0.05, 0) is 76.0 Å². The SMILES string of the molecule is CNCCC1CCN(Cc2ccc(C)cc2Br)CC1.Cl. The van der Waals surface area contributed by atoms with Crippen molar-refractivity contribution in [2.24, 2.45) is 5.92 Å². The first kappa shape index (κ1) is 18.0. The lowest BCUT2D eigenvalue weighted by Crippen LogP contribution is -2.34. The third-order valence-corrected chi connectivity index (χ3v) is 4.85. The number of halogens is 2. The molecule has 0 unspecified atom stereocenters. The van der Waals surface area contributed by atoms with Crippen LogP contribution in [0.15, 0.2) is 22.7 Å². The van der Waals surface area contributed by atoms with Crippen LogP contribution in [0.25, 0.3) is 0 Å². The van der Waals surface area contributed by atoms with Crippen molar-refractivity contribution in [3.05, 3.63) is 33.8 Å². The Hall–Kier alpha value is -0.0900. The van der Waals surface area contributed by atoms with Crippen molar-refractivity contribution < 1.29 is 0 Å². The quantitative estimate of drug-likeness (QED) is 0.852. The summed E-state index contributed by atoms with van der Waals surface area (Å²) in [5.74, 6) is 0.921. The van der Waals surface area contributed by atoms with E-state index in [0.717, 1.165) is 19.0 Å². The number of hydrogen-bond acceptors (Lipinski definition) is 2. The lowest BCUT2D eigenvalue weighted by Gasteiger charge is -2.32. The minimum atomic E-state index is 0. The molecule has 0 aliphatic carbocycles. The fraction of sp³-hybridized carbons (Fsp3) is 0.625. The standard InChI is InChI=1S/C16H25BrN2.ClH/c1-13-3-4-15(16(17)11-13)12-19-9-6-14(7-10-19)5-8-18-2;/h3-4,11,14,18H,5-10,12H2,1-2H3;1H. The smallest absolute Gasteiger partial charge is 0.0244 e. The molecule has 2 rings (SSSR count). The Kier molecular flexibility index (Phi) is 8.11. The lowest BCUT2D eigenvalue weighted by molar-refractivity contribution is 0.172. The molecule has 1 aliphatic rings. The van der Waals surface area contributed by atoms with Crippen LogP contribution in [-0.4, -0.2) is 31.6 Å². The molecule has 0 saturated carbocycles. The summed E-state index contributed by atoms with van der Waals surface area (Å²) >= 11 is 3.69. The van der Waals surface area contributed by atoms with Gasteiger partial charge in [-0.15, -0.1) is 12.4 Å². The summed E-state index contributed by atoms with van der Waals surface area (Å²) < 4.78 is 1.25. The van der Waals surface area contributed by atoms with E-state index in [1.807, 2.05) is 7.05 Å². The zero-order chi connectivity index (χ0) is 13.7. The number of rotatable bonds is 5. The van der Waals surface area contributed by atoms with Gasteiger partial charge in [-0.3, -0.25) is 4.90 Å². The molecule has 1 N–H and O–H groups in total. The zero-order valence-electron chi connectivity index (χ0n) is 12.5. The summed E-state index contributed by atoms with van der Waals surface area (Å²) in [4.78, 5) is 2.59. The van der Waals surface area contributed by atoms with Gasteiger partial charge in [0, 0.05) is 11.0 Å². The van der Waals surface area contributed by atoms with Crippen LogP contribution in [0.5, 0.6) is 0 Å². The van der Waals surface area contributed by atoms with Crippen molar-refractivity contribution in [1.82, 2.24) is 10.2 Å². The number of nitrogens with zero attached hydrogens (tertiary/aromatic N) is 1. The van der Waals surface area contributed by atoms with Crippen LogP contribution in [0.3, 0.4) is 0 Å². The van der Waals surface area contributed by atoms with Crippen LogP contribution in [0.2, 0.25) is 0 Å². The topological polar surface area (TPSA) is 15.3 Å². The molecule has 20 heavy (non-hydrogen) atoms. The Morgan fingerprint density at radius 3 is 2.60 bits per heavy atom. The Labute approximate surface area is 137 Å². The summed E-state index contributed by atoms with van der Waals surface area (Å²) in [5.41, 5.74) is 2.74. The predicted octanol–water partition coefficient (Wildman–Crippen LogP) is 4.00. The highest BCUT2D eigenvalue weighted by Crippen LogP contribution is 2.24. The maximum Gasteiger partial charge on any atom is 0.0244 e. The Morgan fingerprint density at radius 1 is 1.30 bits per heavy atom. The van der Waals surface area contributed by atoms with Gasteiger partial charge in [-0.2, -0.15) is 0 Å². The summed E-state index contributed by atoms with van der Waals surface area (Å²) in [7, 11) is 2.05. The van der Waals surface area contributed by atoms with E-state index in [0.29, 0.717) is 0 Å². The molecule has 2 nitrogen and oxygen atoms in total. The molecular weight excluding hydrogens is 336 g/mol. The molecule has 0 atom stereocenters. The van der Waals surface area contributed by atoms with E-state index in [2.05, 4.69) is 51.3 Å². The van der Waals surface area contributed by atoms with Gasteiger partial charge in [-0.25, -0.2) is 0 Å². The Balaban J connectivity index is 0.00000200. The number of likely N-dealkylation sites (tertiary alicyclic amines) is 1. The average molecular weight is 362 g/mol. The van der Waals surface area contributed by atoms with Gasteiger partial charge in [0.2, 0.25) is 0 Å². The van der Waals surface area contributed by atoms with Crippen LogP contribution in [0, 0.1) is 12.8 Å². The zero-order valence-corrected chi connectivity index (χ0v) is 14.9. The molecular formula is C16H26BrClN2. The summed E-state index contributed by atoms with van der Waals surface area (Å²) in [5, 5.41) is 3.26. The Morgan fingerprint density at radius 2 is 2.00 bits per heavy atom. The first-order valence-corrected chi connectivity index (χ1v) is 8.10. The van der Waals surface area contributed by atoms with E-state index in [4.69, 9.17) is 0 Å². The molecule has 0 bridgehead atoms. The van der Waals surface area contributed by atoms with E-state index < -0.39 is 0 Å². The molecule has 0 aromatic heterocycles. The van der Waals surface area contributed by atoms with Gasteiger partial charge in [0.15, 0.2) is 0 Å². The molecule has 1 aromatic carbocycles. The van der Waals surface area contributed by atoms with Crippen LogP contribution < -0.4 is 5.32 Å². The molecule has 1 aliphatic heterocycles. The van der Waals surface area contributed by atoms with Crippen LogP contribution in [-0.2, 0) is 6.54 Å². The second-order valence-corrected chi connectivity index (χ2v) is 6.56. The number of piperidine rings is 1. The van der Waals surface area contributed by atoms with Crippen LogP contribution in [0.1, 0.15) is 30.4 Å². The van der Waals surface area contributed by atoms with Crippen molar-refractivity contribution in [3.8, 4) is 0 Å². The fourth-order valence-electron chi connectivity index (χ4n) is 2.80. The van der Waals surface area contributed by atoms with Gasteiger partial charge in [0.25, 0.3) is 0 Å². The molecule has 0 amide bonds. The molecule has 114 valence electrons. The maximum atomic E-state index is 3.69. The highest BCUT2D eigenvalue weighted by Gasteiger charge is 2.19. The summed E-state index contributed by atoms with van der Waals surface area (Å²) in [6.45, 7) is 6.87. The van der Waals surface area contributed by atoms with Crippen molar-refractivity contribution in [3.63, 3.8) is 0 Å². The number of hydrogen-bond donors (Lipinski definition) is 1. The normalized spacial score (nSPS) is 16.9. The number of aryl methyl sites for hydroxylation is 1. The first-order chi connectivity index (χ1) is 9.19. The van der Waals surface area contributed by atoms with Crippen molar-refractivity contribution >= 4 is 28.3 Å². The van der Waals surface area contributed by atoms with E-state index in [1.165, 1.54) is 48.0 Å². The van der Waals surface area contributed by atoms with E-state index in [9.17, 15) is 0 Å². The van der Waals surface area contributed by atoms with Gasteiger partial charge in [0.1, 0.15) is 0 Å². The minimum Gasteiger partial charge on any atom is -0.320 e. The molecule has 1 saturated heterocycles. The summed E-state index contributed by atoms with van der Waals surface area (Å²) in [6.07, 6.45) is 4.04. The largest absolute Gasteiger partial charge is 0.320 e. The molecule has 0 radical (unpaired) electrons. The van der Waals surface area contributed by atoms with Crippen molar-refractivity contribution in [1.29, 1.82) is 0 Å². The number of benzene rings is 1. The van der Waals surface area contributed by atoms with Crippen LogP contribution in [0.4, 0.5) is 0 Å². The van der Waals surface area contributed by atoms with Crippen LogP contribution >= 0.6 is 28.3 Å².